The zero-order valence-corrected chi connectivity index (χ0v) is 12.6. The second-order valence-electron chi connectivity index (χ2n) is 5.12. The molecule has 0 aliphatic carbocycles. The lowest BCUT2D eigenvalue weighted by Gasteiger charge is -2.10. The number of carbonyl (C=O) groups is 1. The Bertz CT molecular complexity index is 618. The second-order valence-corrected chi connectivity index (χ2v) is 5.12. The van der Waals surface area contributed by atoms with Crippen LogP contribution in [-0.4, -0.2) is 15.5 Å². The molecule has 0 aliphatic rings. The van der Waals surface area contributed by atoms with E-state index in [2.05, 4.69) is 21.8 Å². The monoisotopic (exact) mass is 286 g/mol. The molecule has 3 N–H and O–H groups in total. The number of nitrogen functional groups attached to an aromatic ring is 1. The van der Waals surface area contributed by atoms with Crippen LogP contribution in [0.4, 0.5) is 11.4 Å². The first-order valence-corrected chi connectivity index (χ1v) is 7.26. The summed E-state index contributed by atoms with van der Waals surface area (Å²) in [5.41, 5.74) is 8.21. The first-order chi connectivity index (χ1) is 10.1. The normalized spacial score (nSPS) is 10.6. The van der Waals surface area contributed by atoms with Crippen LogP contribution < -0.4 is 11.1 Å². The lowest BCUT2D eigenvalue weighted by molar-refractivity contribution is -0.116. The van der Waals surface area contributed by atoms with Crippen molar-refractivity contribution in [2.75, 3.05) is 11.1 Å². The van der Waals surface area contributed by atoms with E-state index in [1.807, 2.05) is 25.3 Å². The number of anilines is 2. The summed E-state index contributed by atoms with van der Waals surface area (Å²) in [6.45, 7) is 4.83. The van der Waals surface area contributed by atoms with E-state index in [9.17, 15) is 4.79 Å². The standard InChI is InChI=1S/C16H22N4O/c1-3-15-18-8-10-20(15)9-4-5-16(21)19-14-7-6-13(17)11-12(14)2/h6-8,10-11H,3-5,9,17H2,1-2H3,(H,19,21). The van der Waals surface area contributed by atoms with Crippen molar-refractivity contribution in [2.45, 2.75) is 39.7 Å². The number of rotatable bonds is 6. The highest BCUT2D eigenvalue weighted by Gasteiger charge is 2.06. The fourth-order valence-corrected chi connectivity index (χ4v) is 2.31. The van der Waals surface area contributed by atoms with Crippen molar-refractivity contribution in [3.05, 3.63) is 42.0 Å². The molecule has 21 heavy (non-hydrogen) atoms. The molecule has 1 aromatic carbocycles. The third-order valence-electron chi connectivity index (χ3n) is 3.45. The Morgan fingerprint density at radius 2 is 2.24 bits per heavy atom. The Morgan fingerprint density at radius 3 is 2.95 bits per heavy atom. The maximum atomic E-state index is 12.0. The Kier molecular flexibility index (Phi) is 4.98. The smallest absolute Gasteiger partial charge is 0.224 e. The second kappa shape index (κ2) is 6.92. The molecular formula is C16H22N4O. The molecule has 0 unspecified atom stereocenters. The van der Waals surface area contributed by atoms with Gasteiger partial charge in [0.2, 0.25) is 5.91 Å². The zero-order valence-electron chi connectivity index (χ0n) is 12.6. The van der Waals surface area contributed by atoms with E-state index in [0.717, 1.165) is 36.5 Å². The molecule has 0 saturated carbocycles. The van der Waals surface area contributed by atoms with Crippen LogP contribution in [0, 0.1) is 6.92 Å². The first-order valence-electron chi connectivity index (χ1n) is 7.26. The zero-order chi connectivity index (χ0) is 15.2. The average Bonchev–Trinajstić information content (AvgIpc) is 2.89. The number of amides is 1. The molecule has 1 heterocycles. The van der Waals surface area contributed by atoms with Crippen LogP contribution >= 0.6 is 0 Å². The van der Waals surface area contributed by atoms with Crippen LogP contribution in [0.15, 0.2) is 30.6 Å². The molecule has 1 amide bonds. The number of nitrogens with zero attached hydrogens (tertiary/aromatic N) is 2. The van der Waals surface area contributed by atoms with Crippen LogP contribution in [-0.2, 0) is 17.8 Å². The Hall–Kier alpha value is -2.30. The van der Waals surface area contributed by atoms with Gasteiger partial charge in [0.05, 0.1) is 0 Å². The van der Waals surface area contributed by atoms with Crippen LogP contribution in [0.1, 0.15) is 31.2 Å². The number of aromatic nitrogens is 2. The summed E-state index contributed by atoms with van der Waals surface area (Å²) in [6, 6.07) is 5.49. The van der Waals surface area contributed by atoms with Crippen molar-refractivity contribution >= 4 is 17.3 Å². The molecule has 0 fully saturated rings. The number of hydrogen-bond acceptors (Lipinski definition) is 3. The van der Waals surface area contributed by atoms with E-state index >= 15 is 0 Å². The predicted molar refractivity (Wildman–Crippen MR) is 85.1 cm³/mol. The van der Waals surface area contributed by atoms with E-state index < -0.39 is 0 Å². The molecule has 0 saturated heterocycles. The molecule has 2 aromatic rings. The minimum absolute atomic E-state index is 0.0287. The van der Waals surface area contributed by atoms with Gasteiger partial charge in [0.1, 0.15) is 5.82 Å². The van der Waals surface area contributed by atoms with Gasteiger partial charge in [0.15, 0.2) is 0 Å². The molecule has 0 bridgehead atoms. The van der Waals surface area contributed by atoms with Gasteiger partial charge in [-0.25, -0.2) is 4.98 Å². The third kappa shape index (κ3) is 4.08. The van der Waals surface area contributed by atoms with Gasteiger partial charge in [-0.3, -0.25) is 4.79 Å². The molecule has 2 rings (SSSR count). The van der Waals surface area contributed by atoms with Gasteiger partial charge in [0.25, 0.3) is 0 Å². The SMILES string of the molecule is CCc1nccn1CCCC(=O)Nc1ccc(N)cc1C. The summed E-state index contributed by atoms with van der Waals surface area (Å²) >= 11 is 0. The lowest BCUT2D eigenvalue weighted by atomic mass is 10.1. The quantitative estimate of drug-likeness (QED) is 0.802. The summed E-state index contributed by atoms with van der Waals surface area (Å²) in [5, 5.41) is 2.93. The fourth-order valence-electron chi connectivity index (χ4n) is 2.31. The first kappa shape index (κ1) is 15.1. The topological polar surface area (TPSA) is 72.9 Å². The lowest BCUT2D eigenvalue weighted by Crippen LogP contribution is -2.13. The molecule has 0 spiro atoms. The van der Waals surface area contributed by atoms with Gasteiger partial charge in [0, 0.05) is 43.2 Å². The number of imidazole rings is 1. The summed E-state index contributed by atoms with van der Waals surface area (Å²) < 4.78 is 2.10. The summed E-state index contributed by atoms with van der Waals surface area (Å²) in [7, 11) is 0. The molecule has 5 nitrogen and oxygen atoms in total. The summed E-state index contributed by atoms with van der Waals surface area (Å²) in [6.07, 6.45) is 5.95. The van der Waals surface area contributed by atoms with Gasteiger partial charge >= 0.3 is 0 Å². The molecule has 0 atom stereocenters. The largest absolute Gasteiger partial charge is 0.399 e. The number of aryl methyl sites for hydroxylation is 3. The minimum Gasteiger partial charge on any atom is -0.399 e. The van der Waals surface area contributed by atoms with Gasteiger partial charge in [-0.1, -0.05) is 6.92 Å². The highest BCUT2D eigenvalue weighted by Crippen LogP contribution is 2.18. The number of benzene rings is 1. The Morgan fingerprint density at radius 1 is 1.43 bits per heavy atom. The van der Waals surface area contributed by atoms with Crippen molar-refractivity contribution in [2.24, 2.45) is 0 Å². The van der Waals surface area contributed by atoms with E-state index in [4.69, 9.17) is 5.73 Å². The number of nitrogens with one attached hydrogen (secondary N) is 1. The van der Waals surface area contributed by atoms with Crippen molar-refractivity contribution in [1.29, 1.82) is 0 Å². The van der Waals surface area contributed by atoms with Crippen molar-refractivity contribution in [1.82, 2.24) is 9.55 Å². The molecule has 0 aliphatic heterocycles. The maximum Gasteiger partial charge on any atom is 0.224 e. The highest BCUT2D eigenvalue weighted by atomic mass is 16.1. The molecular weight excluding hydrogens is 264 g/mol. The molecule has 1 aromatic heterocycles. The third-order valence-corrected chi connectivity index (χ3v) is 3.45. The van der Waals surface area contributed by atoms with E-state index in [0.29, 0.717) is 12.1 Å². The summed E-state index contributed by atoms with van der Waals surface area (Å²) in [4.78, 5) is 16.2. The van der Waals surface area contributed by atoms with Gasteiger partial charge < -0.3 is 15.6 Å². The number of carbonyl (C=O) groups excluding carboxylic acids is 1. The molecule has 5 heteroatoms. The van der Waals surface area contributed by atoms with E-state index in [-0.39, 0.29) is 5.91 Å². The van der Waals surface area contributed by atoms with Crippen LogP contribution in [0.2, 0.25) is 0 Å². The van der Waals surface area contributed by atoms with Crippen molar-refractivity contribution in [3.63, 3.8) is 0 Å². The van der Waals surface area contributed by atoms with Gasteiger partial charge in [-0.05, 0) is 37.1 Å². The maximum absolute atomic E-state index is 12.0. The number of nitrogens with two attached hydrogens (primary N) is 1. The Balaban J connectivity index is 1.82. The highest BCUT2D eigenvalue weighted by molar-refractivity contribution is 5.91. The molecule has 112 valence electrons. The van der Waals surface area contributed by atoms with Crippen LogP contribution in [0.3, 0.4) is 0 Å². The average molecular weight is 286 g/mol. The van der Waals surface area contributed by atoms with Crippen LogP contribution in [0.5, 0.6) is 0 Å². The van der Waals surface area contributed by atoms with Crippen molar-refractivity contribution < 1.29 is 4.79 Å². The van der Waals surface area contributed by atoms with Gasteiger partial charge in [-0.2, -0.15) is 0 Å². The fraction of sp³-hybridized carbons (Fsp3) is 0.375. The van der Waals surface area contributed by atoms with E-state index in [1.54, 1.807) is 12.3 Å². The number of hydrogen-bond donors (Lipinski definition) is 2. The minimum atomic E-state index is 0.0287. The predicted octanol–water partition coefficient (Wildman–Crippen LogP) is 2.76. The van der Waals surface area contributed by atoms with E-state index in [1.165, 1.54) is 0 Å². The van der Waals surface area contributed by atoms with Crippen LogP contribution in [0.25, 0.3) is 0 Å². The molecule has 0 radical (unpaired) electrons. The summed E-state index contributed by atoms with van der Waals surface area (Å²) in [5.74, 6) is 1.09. The van der Waals surface area contributed by atoms with Crippen molar-refractivity contribution in [3.8, 4) is 0 Å². The van der Waals surface area contributed by atoms with Gasteiger partial charge in [-0.15, -0.1) is 0 Å². The Labute approximate surface area is 125 Å².